The molecule has 0 unspecified atom stereocenters. The van der Waals surface area contributed by atoms with Gasteiger partial charge >= 0.3 is 0 Å². The van der Waals surface area contributed by atoms with Crippen molar-refractivity contribution in [3.8, 4) is 0 Å². The summed E-state index contributed by atoms with van der Waals surface area (Å²) >= 11 is 0. The first-order valence-electron chi connectivity index (χ1n) is 5.02. The van der Waals surface area contributed by atoms with Crippen molar-refractivity contribution in [1.82, 2.24) is 15.0 Å². The second-order valence-corrected chi connectivity index (χ2v) is 3.71. The van der Waals surface area contributed by atoms with Crippen molar-refractivity contribution < 1.29 is 0 Å². The lowest BCUT2D eigenvalue weighted by Crippen LogP contribution is -2.03. The largest absolute Gasteiger partial charge is 0.357 e. The van der Waals surface area contributed by atoms with E-state index in [0.29, 0.717) is 11.9 Å². The molecule has 0 amide bonds. The number of anilines is 1. The molecule has 0 spiro atoms. The summed E-state index contributed by atoms with van der Waals surface area (Å²) in [5.74, 6) is 0.997. The van der Waals surface area contributed by atoms with Gasteiger partial charge in [0.2, 0.25) is 5.95 Å². The minimum atomic E-state index is 0.345. The summed E-state index contributed by atoms with van der Waals surface area (Å²) < 4.78 is 0. The quantitative estimate of drug-likeness (QED) is 0.811. The molecule has 0 fully saturated rings. The summed E-state index contributed by atoms with van der Waals surface area (Å²) in [4.78, 5) is 13.1. The lowest BCUT2D eigenvalue weighted by Gasteiger charge is -2.09. The number of hydrogen-bond donors (Lipinski definition) is 1. The van der Waals surface area contributed by atoms with Crippen LogP contribution in [0.25, 0.3) is 11.0 Å². The van der Waals surface area contributed by atoms with E-state index in [-0.39, 0.29) is 0 Å². The van der Waals surface area contributed by atoms with Gasteiger partial charge in [-0.1, -0.05) is 13.8 Å². The Balaban J connectivity index is 2.74. The molecule has 78 valence electrons. The van der Waals surface area contributed by atoms with Gasteiger partial charge < -0.3 is 5.32 Å². The maximum absolute atomic E-state index is 4.43. The van der Waals surface area contributed by atoms with Crippen molar-refractivity contribution in [1.29, 1.82) is 0 Å². The molecule has 2 heterocycles. The van der Waals surface area contributed by atoms with Crippen LogP contribution < -0.4 is 5.32 Å². The maximum Gasteiger partial charge on any atom is 0.223 e. The van der Waals surface area contributed by atoms with Crippen LogP contribution in [-0.4, -0.2) is 22.0 Å². The second kappa shape index (κ2) is 3.81. The maximum atomic E-state index is 4.43. The van der Waals surface area contributed by atoms with Crippen molar-refractivity contribution in [2.75, 3.05) is 12.4 Å². The highest BCUT2D eigenvalue weighted by Gasteiger charge is 2.10. The van der Waals surface area contributed by atoms with Crippen LogP contribution >= 0.6 is 0 Å². The van der Waals surface area contributed by atoms with E-state index in [1.807, 2.05) is 19.2 Å². The normalized spacial score (nSPS) is 10.9. The highest BCUT2D eigenvalue weighted by atomic mass is 15.1. The average Bonchev–Trinajstić information content (AvgIpc) is 2.27. The smallest absolute Gasteiger partial charge is 0.223 e. The molecule has 4 heteroatoms. The molecule has 0 bridgehead atoms. The van der Waals surface area contributed by atoms with Gasteiger partial charge in [-0.05, 0) is 18.1 Å². The fourth-order valence-corrected chi connectivity index (χ4v) is 1.50. The third-order valence-electron chi connectivity index (χ3n) is 2.25. The highest BCUT2D eigenvalue weighted by Crippen LogP contribution is 2.21. The first-order valence-corrected chi connectivity index (χ1v) is 5.02. The molecule has 0 aliphatic rings. The van der Waals surface area contributed by atoms with Gasteiger partial charge in [0.1, 0.15) is 5.52 Å². The molecular formula is C11H14N4. The first-order chi connectivity index (χ1) is 7.22. The Morgan fingerprint density at radius 2 is 2.07 bits per heavy atom. The summed E-state index contributed by atoms with van der Waals surface area (Å²) in [5.41, 5.74) is 2.78. The molecular weight excluding hydrogens is 188 g/mol. The Morgan fingerprint density at radius 1 is 1.27 bits per heavy atom. The molecule has 2 aromatic rings. The monoisotopic (exact) mass is 202 g/mol. The van der Waals surface area contributed by atoms with Crippen molar-refractivity contribution in [3.63, 3.8) is 0 Å². The summed E-state index contributed by atoms with van der Waals surface area (Å²) in [6.45, 7) is 4.21. The van der Waals surface area contributed by atoms with Gasteiger partial charge in [-0.3, -0.25) is 4.98 Å². The van der Waals surface area contributed by atoms with Crippen LogP contribution in [0.1, 0.15) is 25.5 Å². The summed E-state index contributed by atoms with van der Waals surface area (Å²) in [6, 6.07) is 3.84. The van der Waals surface area contributed by atoms with Gasteiger partial charge in [0, 0.05) is 13.2 Å². The molecule has 0 atom stereocenters. The van der Waals surface area contributed by atoms with Gasteiger partial charge in [0.15, 0.2) is 0 Å². The van der Waals surface area contributed by atoms with Crippen molar-refractivity contribution in [2.45, 2.75) is 19.8 Å². The van der Waals surface area contributed by atoms with E-state index in [1.54, 1.807) is 6.20 Å². The molecule has 0 aromatic carbocycles. The molecule has 0 saturated heterocycles. The summed E-state index contributed by atoms with van der Waals surface area (Å²) in [5, 5.41) is 2.96. The van der Waals surface area contributed by atoms with Crippen molar-refractivity contribution in [2.24, 2.45) is 0 Å². The Labute approximate surface area is 88.8 Å². The van der Waals surface area contributed by atoms with Crippen LogP contribution in [0.4, 0.5) is 5.95 Å². The van der Waals surface area contributed by atoms with E-state index in [0.717, 1.165) is 16.7 Å². The molecule has 4 nitrogen and oxygen atoms in total. The number of rotatable bonds is 2. The second-order valence-electron chi connectivity index (χ2n) is 3.71. The Kier molecular flexibility index (Phi) is 2.49. The number of nitrogens with one attached hydrogen (secondary N) is 1. The zero-order valence-corrected chi connectivity index (χ0v) is 9.15. The standard InChI is InChI=1S/C11H14N4/c1-7(2)9-10-8(5-4-6-13-10)14-11(12-3)15-9/h4-7H,1-3H3,(H,12,14,15). The zero-order valence-electron chi connectivity index (χ0n) is 9.15. The van der Waals surface area contributed by atoms with Crippen LogP contribution in [0.15, 0.2) is 18.3 Å². The lowest BCUT2D eigenvalue weighted by molar-refractivity contribution is 0.826. The van der Waals surface area contributed by atoms with E-state index >= 15 is 0 Å². The molecule has 1 N–H and O–H groups in total. The predicted octanol–water partition coefficient (Wildman–Crippen LogP) is 2.19. The van der Waals surface area contributed by atoms with Crippen LogP contribution in [0.5, 0.6) is 0 Å². The molecule has 0 saturated carbocycles. The van der Waals surface area contributed by atoms with E-state index in [4.69, 9.17) is 0 Å². The summed E-state index contributed by atoms with van der Waals surface area (Å²) in [6.07, 6.45) is 1.77. The van der Waals surface area contributed by atoms with Crippen molar-refractivity contribution >= 4 is 17.0 Å². The lowest BCUT2D eigenvalue weighted by atomic mass is 10.1. The number of aromatic nitrogens is 3. The topological polar surface area (TPSA) is 50.7 Å². The number of fused-ring (bicyclic) bond motifs is 1. The first kappa shape index (κ1) is 9.83. The van der Waals surface area contributed by atoms with Gasteiger partial charge in [0.25, 0.3) is 0 Å². The average molecular weight is 202 g/mol. The third-order valence-corrected chi connectivity index (χ3v) is 2.25. The zero-order chi connectivity index (χ0) is 10.8. The van der Waals surface area contributed by atoms with E-state index in [2.05, 4.69) is 34.1 Å². The predicted molar refractivity (Wildman–Crippen MR) is 61.0 cm³/mol. The SMILES string of the molecule is CNc1nc(C(C)C)c2ncccc2n1. The Morgan fingerprint density at radius 3 is 2.73 bits per heavy atom. The van der Waals surface area contributed by atoms with E-state index in [1.165, 1.54) is 0 Å². The third kappa shape index (κ3) is 1.75. The van der Waals surface area contributed by atoms with Crippen LogP contribution in [0, 0.1) is 0 Å². The molecule has 2 rings (SSSR count). The summed E-state index contributed by atoms with van der Waals surface area (Å²) in [7, 11) is 1.82. The van der Waals surface area contributed by atoms with Gasteiger partial charge in [-0.15, -0.1) is 0 Å². The molecule has 0 aliphatic carbocycles. The Bertz CT molecular complexity index is 479. The molecule has 15 heavy (non-hydrogen) atoms. The van der Waals surface area contributed by atoms with Crippen LogP contribution in [-0.2, 0) is 0 Å². The van der Waals surface area contributed by atoms with Gasteiger partial charge in [0.05, 0.1) is 11.2 Å². The Hall–Kier alpha value is -1.71. The van der Waals surface area contributed by atoms with Crippen LogP contribution in [0.3, 0.4) is 0 Å². The fraction of sp³-hybridized carbons (Fsp3) is 0.364. The van der Waals surface area contributed by atoms with E-state index in [9.17, 15) is 0 Å². The van der Waals surface area contributed by atoms with Gasteiger partial charge in [-0.25, -0.2) is 9.97 Å². The molecule has 0 radical (unpaired) electrons. The fourth-order valence-electron chi connectivity index (χ4n) is 1.50. The minimum absolute atomic E-state index is 0.345. The van der Waals surface area contributed by atoms with E-state index < -0.39 is 0 Å². The number of nitrogens with zero attached hydrogens (tertiary/aromatic N) is 3. The number of hydrogen-bond acceptors (Lipinski definition) is 4. The molecule has 0 aliphatic heterocycles. The van der Waals surface area contributed by atoms with Crippen LogP contribution in [0.2, 0.25) is 0 Å². The number of pyridine rings is 1. The van der Waals surface area contributed by atoms with Crippen molar-refractivity contribution in [3.05, 3.63) is 24.0 Å². The highest BCUT2D eigenvalue weighted by molar-refractivity contribution is 5.77. The molecule has 2 aromatic heterocycles. The minimum Gasteiger partial charge on any atom is -0.357 e. The van der Waals surface area contributed by atoms with Gasteiger partial charge in [-0.2, -0.15) is 0 Å².